The van der Waals surface area contributed by atoms with Gasteiger partial charge in [-0.1, -0.05) is 0 Å². The Morgan fingerprint density at radius 1 is 1.04 bits per heavy atom. The van der Waals surface area contributed by atoms with Crippen molar-refractivity contribution >= 4 is 23.3 Å². The highest BCUT2D eigenvalue weighted by Crippen LogP contribution is 2.45. The van der Waals surface area contributed by atoms with Crippen molar-refractivity contribution in [1.29, 1.82) is 0 Å². The second kappa shape index (κ2) is 6.50. The van der Waals surface area contributed by atoms with Crippen LogP contribution in [0.1, 0.15) is 27.7 Å². The largest absolute Gasteiger partial charge is 0.382 e. The highest BCUT2D eigenvalue weighted by molar-refractivity contribution is 5.93. The molecular weight excluding hydrogens is 345 g/mol. The molecule has 0 bridgehead atoms. The lowest BCUT2D eigenvalue weighted by molar-refractivity contribution is -0.386. The van der Waals surface area contributed by atoms with Gasteiger partial charge in [-0.05, 0) is 13.8 Å². The Bertz CT molecular complexity index is 621. The van der Waals surface area contributed by atoms with Gasteiger partial charge in [-0.25, -0.2) is 4.39 Å². The normalized spacial score (nSPS) is 39.4. The average molecular weight is 365 g/mol. The summed E-state index contributed by atoms with van der Waals surface area (Å²) in [7, 11) is 0. The van der Waals surface area contributed by atoms with Gasteiger partial charge in [-0.2, -0.15) is 0 Å². The second-order valence-corrected chi connectivity index (χ2v) is 5.98. The van der Waals surface area contributed by atoms with Gasteiger partial charge >= 0.3 is 0 Å². The molecule has 1 fully saturated rings. The first-order valence-electron chi connectivity index (χ1n) is 7.15. The summed E-state index contributed by atoms with van der Waals surface area (Å²) in [5, 5.41) is 42.7. The maximum Gasteiger partial charge on any atom is 0.274 e. The Morgan fingerprint density at radius 2 is 1.52 bits per heavy atom. The Kier molecular flexibility index (Phi) is 5.52. The molecule has 1 saturated heterocycles. The molecule has 25 heavy (non-hydrogen) atoms. The van der Waals surface area contributed by atoms with Crippen LogP contribution in [-0.2, 0) is 23.9 Å². The summed E-state index contributed by atoms with van der Waals surface area (Å²) in [5.74, 6) is -12.3. The van der Waals surface area contributed by atoms with E-state index in [0.717, 1.165) is 20.8 Å². The lowest BCUT2D eigenvalue weighted by Crippen LogP contribution is -2.84. The highest BCUT2D eigenvalue weighted by atomic mass is 19.2. The van der Waals surface area contributed by atoms with Crippen LogP contribution in [0.3, 0.4) is 0 Å². The minimum absolute atomic E-state index is 0.614. The number of carbonyl (C=O) groups is 4. The molecule has 0 aromatic rings. The molecule has 1 aliphatic heterocycles. The number of Topliss-reactive ketones (excluding diaryl/α,β-unsaturated/α-hetero) is 3. The molecule has 0 saturated carbocycles. The van der Waals surface area contributed by atoms with Gasteiger partial charge in [0.05, 0.1) is 0 Å². The number of halogens is 1. The molecule has 0 aromatic carbocycles. The summed E-state index contributed by atoms with van der Waals surface area (Å²) in [4.78, 5) is 46.5. The minimum Gasteiger partial charge on any atom is -0.382 e. The van der Waals surface area contributed by atoms with Crippen molar-refractivity contribution in [2.24, 2.45) is 0 Å². The van der Waals surface area contributed by atoms with Crippen LogP contribution in [0.2, 0.25) is 0 Å². The van der Waals surface area contributed by atoms with Crippen molar-refractivity contribution < 1.29 is 48.7 Å². The monoisotopic (exact) mass is 365 g/mol. The fourth-order valence-corrected chi connectivity index (χ4v) is 2.67. The Morgan fingerprint density at radius 3 is 1.84 bits per heavy atom. The van der Waals surface area contributed by atoms with Crippen LogP contribution in [0.5, 0.6) is 0 Å². The number of hydrogen-bond donors (Lipinski definition) is 5. The Labute approximate surface area is 141 Å². The van der Waals surface area contributed by atoms with Crippen LogP contribution in [0, 0.1) is 0 Å². The quantitative estimate of drug-likeness (QED) is 0.343. The molecule has 0 aliphatic carbocycles. The summed E-state index contributed by atoms with van der Waals surface area (Å²) < 4.78 is 19.7. The van der Waals surface area contributed by atoms with Gasteiger partial charge in [0.15, 0.2) is 23.5 Å². The molecule has 0 radical (unpaired) electrons. The molecule has 1 heterocycles. The molecule has 1 amide bonds. The summed E-state index contributed by atoms with van der Waals surface area (Å²) in [5.41, 5.74) is -3.61. The van der Waals surface area contributed by atoms with Crippen molar-refractivity contribution in [1.82, 2.24) is 5.32 Å². The number of ether oxygens (including phenoxy) is 1. The number of aliphatic hydroxyl groups is 4. The molecule has 10 nitrogen and oxygen atoms in total. The van der Waals surface area contributed by atoms with E-state index >= 15 is 4.39 Å². The van der Waals surface area contributed by atoms with Crippen LogP contribution >= 0.6 is 0 Å². The van der Waals surface area contributed by atoms with E-state index in [4.69, 9.17) is 4.74 Å². The lowest BCUT2D eigenvalue weighted by Gasteiger charge is -2.54. The molecule has 1 unspecified atom stereocenters. The topological polar surface area (TPSA) is 170 Å². The van der Waals surface area contributed by atoms with E-state index in [0.29, 0.717) is 6.92 Å². The summed E-state index contributed by atoms with van der Waals surface area (Å²) in [6.07, 6.45) is -5.14. The number of hydrogen-bond acceptors (Lipinski definition) is 9. The maximum atomic E-state index is 15.0. The predicted molar refractivity (Wildman–Crippen MR) is 76.5 cm³/mol. The number of nitrogens with one attached hydrogen (secondary N) is 1. The smallest absolute Gasteiger partial charge is 0.274 e. The van der Waals surface area contributed by atoms with Crippen LogP contribution in [0.25, 0.3) is 0 Å². The van der Waals surface area contributed by atoms with Gasteiger partial charge in [0.2, 0.25) is 11.5 Å². The van der Waals surface area contributed by atoms with Gasteiger partial charge in [0.1, 0.15) is 12.1 Å². The van der Waals surface area contributed by atoms with E-state index in [-0.39, 0.29) is 0 Å². The van der Waals surface area contributed by atoms with Crippen molar-refractivity contribution in [2.75, 3.05) is 0 Å². The highest BCUT2D eigenvalue weighted by Gasteiger charge is 2.75. The van der Waals surface area contributed by atoms with Gasteiger partial charge in [-0.15, -0.1) is 0 Å². The molecule has 6 atom stereocenters. The van der Waals surface area contributed by atoms with E-state index < -0.39 is 58.7 Å². The average Bonchev–Trinajstić information content (AvgIpc) is 2.46. The van der Waals surface area contributed by atoms with E-state index in [2.05, 4.69) is 0 Å². The number of carbonyl (C=O) groups excluding carboxylic acids is 4. The lowest BCUT2D eigenvalue weighted by atomic mass is 9.71. The third kappa shape index (κ3) is 3.09. The molecule has 1 rings (SSSR count). The van der Waals surface area contributed by atoms with E-state index in [1.165, 1.54) is 0 Å². The van der Waals surface area contributed by atoms with Crippen molar-refractivity contribution in [2.45, 2.75) is 63.2 Å². The summed E-state index contributed by atoms with van der Waals surface area (Å²) in [6, 6.07) is -2.46. The van der Waals surface area contributed by atoms with E-state index in [9.17, 15) is 39.6 Å². The van der Waals surface area contributed by atoms with Crippen LogP contribution in [-0.4, -0.2) is 79.2 Å². The third-order valence-corrected chi connectivity index (χ3v) is 4.12. The molecular formula is C14H20FNO9. The fraction of sp³-hybridized carbons (Fsp3) is 0.714. The molecule has 5 N–H and O–H groups in total. The molecule has 0 aromatic heterocycles. The van der Waals surface area contributed by atoms with Crippen molar-refractivity contribution in [3.8, 4) is 0 Å². The Balaban J connectivity index is 3.74. The van der Waals surface area contributed by atoms with Gasteiger partial charge in [0, 0.05) is 13.8 Å². The first-order chi connectivity index (χ1) is 11.1. The van der Waals surface area contributed by atoms with Crippen LogP contribution in [0.4, 0.5) is 4.39 Å². The predicted octanol–water partition coefficient (Wildman–Crippen LogP) is -2.90. The zero-order chi connectivity index (χ0) is 20.0. The first kappa shape index (κ1) is 21.3. The number of aliphatic hydroxyl groups excluding tert-OH is 1. The van der Waals surface area contributed by atoms with E-state index in [1.54, 1.807) is 5.32 Å². The summed E-state index contributed by atoms with van der Waals surface area (Å²) in [6.45, 7) is 3.00. The second-order valence-electron chi connectivity index (χ2n) is 5.98. The SMILES string of the molecule is CC(=O)N[C@@H]1[C@](O)(C(C)=O)[C@@](O)(F)[C@@H](C(O)C(C)=O)O[C@]1(O)C(C)=O. The number of amides is 1. The van der Waals surface area contributed by atoms with Gasteiger partial charge < -0.3 is 30.5 Å². The molecule has 0 spiro atoms. The van der Waals surface area contributed by atoms with Crippen LogP contribution in [0.15, 0.2) is 0 Å². The van der Waals surface area contributed by atoms with Gasteiger partial charge in [0.25, 0.3) is 11.6 Å². The van der Waals surface area contributed by atoms with Crippen LogP contribution < -0.4 is 5.32 Å². The van der Waals surface area contributed by atoms with Gasteiger partial charge in [-0.3, -0.25) is 19.2 Å². The molecule has 142 valence electrons. The minimum atomic E-state index is -4.14. The number of alkyl halides is 1. The standard InChI is InChI=1S/C14H20FNO9/c1-5(17)9(21)10-14(15,24)12(22,6(2)18)11(16-8(4)20)13(23,25-10)7(3)19/h9-11,21-24H,1-4H3,(H,16,20)/t9?,10-,11-,12-,13-,14-/m1/s1. The summed E-state index contributed by atoms with van der Waals surface area (Å²) >= 11 is 0. The van der Waals surface area contributed by atoms with Crippen molar-refractivity contribution in [3.63, 3.8) is 0 Å². The molecule has 1 aliphatic rings. The first-order valence-corrected chi connectivity index (χ1v) is 7.15. The van der Waals surface area contributed by atoms with E-state index in [1.807, 2.05) is 0 Å². The maximum absolute atomic E-state index is 15.0. The number of ketones is 3. The van der Waals surface area contributed by atoms with Crippen molar-refractivity contribution in [3.05, 3.63) is 0 Å². The zero-order valence-corrected chi connectivity index (χ0v) is 13.9. The Hall–Kier alpha value is -1.79. The fourth-order valence-electron chi connectivity index (χ4n) is 2.67. The zero-order valence-electron chi connectivity index (χ0n) is 13.9. The molecule has 11 heteroatoms. The third-order valence-electron chi connectivity index (χ3n) is 4.12. The number of rotatable bonds is 5.